The van der Waals surface area contributed by atoms with Gasteiger partial charge in [-0.15, -0.1) is 0 Å². The van der Waals surface area contributed by atoms with Crippen LogP contribution in [0.5, 0.6) is 0 Å². The van der Waals surface area contributed by atoms with E-state index in [9.17, 15) is 13.6 Å². The summed E-state index contributed by atoms with van der Waals surface area (Å²) in [5.74, 6) is -1.95. The van der Waals surface area contributed by atoms with Crippen molar-refractivity contribution in [2.24, 2.45) is 0 Å². The third-order valence-electron chi connectivity index (χ3n) is 5.02. The lowest BCUT2D eigenvalue weighted by atomic mass is 9.78. The fraction of sp³-hybridized carbons (Fsp3) is 0.350. The molecule has 1 saturated carbocycles. The molecule has 2 aromatic rings. The number of rotatable bonds is 6. The third-order valence-corrected chi connectivity index (χ3v) is 5.02. The highest BCUT2D eigenvalue weighted by Gasteiger charge is 2.39. The van der Waals surface area contributed by atoms with Gasteiger partial charge in [0.1, 0.15) is 11.6 Å². The number of aromatic carboxylic acids is 1. The zero-order valence-electron chi connectivity index (χ0n) is 13.9. The Labute approximate surface area is 145 Å². The molecule has 0 aromatic heterocycles. The van der Waals surface area contributed by atoms with E-state index in [0.717, 1.165) is 31.2 Å². The van der Waals surface area contributed by atoms with Gasteiger partial charge in [0.15, 0.2) is 0 Å². The number of halogens is 2. The maximum atomic E-state index is 14.3. The third kappa shape index (κ3) is 3.71. The van der Waals surface area contributed by atoms with Crippen LogP contribution in [-0.2, 0) is 12.0 Å². The molecule has 3 rings (SSSR count). The largest absolute Gasteiger partial charge is 0.478 e. The number of hydrogen-bond acceptors (Lipinski definition) is 2. The van der Waals surface area contributed by atoms with Gasteiger partial charge in [0, 0.05) is 24.1 Å². The summed E-state index contributed by atoms with van der Waals surface area (Å²) in [4.78, 5) is 11.0. The second-order valence-corrected chi connectivity index (χ2v) is 6.69. The molecule has 0 atom stereocenters. The summed E-state index contributed by atoms with van der Waals surface area (Å²) >= 11 is 0. The standard InChI is InChI=1S/C20H21F2NO2/c21-16-7-4-8-17(22)18(16)20(9-1-2-10-20)13-23-12-14-5-3-6-15(11-14)19(24)25/h3-8,11,23H,1-2,9-10,12-13H2,(H,24,25). The molecule has 1 aliphatic rings. The first-order valence-corrected chi connectivity index (χ1v) is 8.49. The second kappa shape index (κ2) is 7.31. The number of hydrogen-bond donors (Lipinski definition) is 2. The van der Waals surface area contributed by atoms with E-state index in [0.29, 0.717) is 13.1 Å². The summed E-state index contributed by atoms with van der Waals surface area (Å²) in [5.41, 5.74) is 0.705. The molecule has 0 bridgehead atoms. The quantitative estimate of drug-likeness (QED) is 0.822. The van der Waals surface area contributed by atoms with Crippen LogP contribution in [0.1, 0.15) is 47.2 Å². The highest BCUT2D eigenvalue weighted by Crippen LogP contribution is 2.42. The molecule has 0 unspecified atom stereocenters. The van der Waals surface area contributed by atoms with Crippen LogP contribution in [-0.4, -0.2) is 17.6 Å². The first-order valence-electron chi connectivity index (χ1n) is 8.49. The summed E-state index contributed by atoms with van der Waals surface area (Å²) in [5, 5.41) is 12.3. The molecular weight excluding hydrogens is 324 g/mol. The lowest BCUT2D eigenvalue weighted by molar-refractivity contribution is 0.0696. The van der Waals surface area contributed by atoms with Crippen molar-refractivity contribution in [3.63, 3.8) is 0 Å². The Balaban J connectivity index is 1.75. The molecule has 0 spiro atoms. The predicted octanol–water partition coefficient (Wildman–Crippen LogP) is 4.26. The minimum atomic E-state index is -0.970. The van der Waals surface area contributed by atoms with Gasteiger partial charge in [-0.25, -0.2) is 13.6 Å². The highest BCUT2D eigenvalue weighted by atomic mass is 19.1. The predicted molar refractivity (Wildman–Crippen MR) is 91.6 cm³/mol. The molecule has 1 aliphatic carbocycles. The molecule has 2 aromatic carbocycles. The average molecular weight is 345 g/mol. The van der Waals surface area contributed by atoms with Crippen LogP contribution in [0.25, 0.3) is 0 Å². The van der Waals surface area contributed by atoms with Gasteiger partial charge in [-0.3, -0.25) is 0 Å². The number of benzene rings is 2. The van der Waals surface area contributed by atoms with E-state index in [-0.39, 0.29) is 11.1 Å². The van der Waals surface area contributed by atoms with Crippen LogP contribution in [0.4, 0.5) is 8.78 Å². The van der Waals surface area contributed by atoms with Crippen LogP contribution >= 0.6 is 0 Å². The molecule has 0 aliphatic heterocycles. The molecular formula is C20H21F2NO2. The topological polar surface area (TPSA) is 49.3 Å². The Kier molecular flexibility index (Phi) is 5.13. The van der Waals surface area contributed by atoms with E-state index >= 15 is 0 Å². The molecule has 1 fully saturated rings. The Bertz CT molecular complexity index is 750. The van der Waals surface area contributed by atoms with E-state index < -0.39 is 23.0 Å². The van der Waals surface area contributed by atoms with E-state index in [1.54, 1.807) is 18.2 Å². The first kappa shape index (κ1) is 17.5. The number of carboxylic acid groups (broad SMARTS) is 1. The lowest BCUT2D eigenvalue weighted by Gasteiger charge is -2.31. The van der Waals surface area contributed by atoms with Crippen molar-refractivity contribution in [1.29, 1.82) is 0 Å². The van der Waals surface area contributed by atoms with Crippen LogP contribution in [0.3, 0.4) is 0 Å². The maximum Gasteiger partial charge on any atom is 0.335 e. The van der Waals surface area contributed by atoms with E-state index in [2.05, 4.69) is 5.32 Å². The zero-order valence-corrected chi connectivity index (χ0v) is 13.9. The maximum absolute atomic E-state index is 14.3. The fourth-order valence-electron chi connectivity index (χ4n) is 3.83. The van der Waals surface area contributed by atoms with Crippen LogP contribution in [0.15, 0.2) is 42.5 Å². The Morgan fingerprint density at radius 2 is 1.72 bits per heavy atom. The van der Waals surface area contributed by atoms with Gasteiger partial charge >= 0.3 is 5.97 Å². The van der Waals surface area contributed by atoms with Gasteiger partial charge < -0.3 is 10.4 Å². The normalized spacial score (nSPS) is 16.1. The highest BCUT2D eigenvalue weighted by molar-refractivity contribution is 5.87. The summed E-state index contributed by atoms with van der Waals surface area (Å²) < 4.78 is 28.6. The molecule has 5 heteroatoms. The molecule has 0 saturated heterocycles. The zero-order chi connectivity index (χ0) is 17.9. The van der Waals surface area contributed by atoms with E-state index in [4.69, 9.17) is 5.11 Å². The minimum absolute atomic E-state index is 0.180. The SMILES string of the molecule is O=C(O)c1cccc(CNCC2(c3c(F)cccc3F)CCCC2)c1. The summed E-state index contributed by atoms with van der Waals surface area (Å²) in [6, 6.07) is 10.7. The van der Waals surface area contributed by atoms with Gasteiger partial charge in [-0.1, -0.05) is 31.0 Å². The minimum Gasteiger partial charge on any atom is -0.478 e. The Morgan fingerprint density at radius 1 is 1.08 bits per heavy atom. The lowest BCUT2D eigenvalue weighted by Crippen LogP contribution is -2.37. The molecule has 0 amide bonds. The van der Waals surface area contributed by atoms with E-state index in [1.165, 1.54) is 18.2 Å². The number of carboxylic acids is 1. The van der Waals surface area contributed by atoms with Crippen LogP contribution in [0, 0.1) is 11.6 Å². The van der Waals surface area contributed by atoms with Crippen molar-refractivity contribution in [3.05, 3.63) is 70.8 Å². The smallest absolute Gasteiger partial charge is 0.335 e. The average Bonchev–Trinajstić information content (AvgIpc) is 3.04. The molecule has 132 valence electrons. The van der Waals surface area contributed by atoms with Crippen molar-refractivity contribution in [2.45, 2.75) is 37.6 Å². The number of nitrogens with one attached hydrogen (secondary N) is 1. The van der Waals surface area contributed by atoms with Crippen molar-refractivity contribution in [1.82, 2.24) is 5.32 Å². The molecule has 0 radical (unpaired) electrons. The van der Waals surface area contributed by atoms with Gasteiger partial charge in [-0.05, 0) is 42.7 Å². The summed E-state index contributed by atoms with van der Waals surface area (Å²) in [6.07, 6.45) is 3.38. The van der Waals surface area contributed by atoms with Gasteiger partial charge in [0.05, 0.1) is 5.56 Å². The number of carbonyl (C=O) groups is 1. The van der Waals surface area contributed by atoms with Crippen LogP contribution in [0.2, 0.25) is 0 Å². The monoisotopic (exact) mass is 345 g/mol. The van der Waals surface area contributed by atoms with Gasteiger partial charge in [-0.2, -0.15) is 0 Å². The van der Waals surface area contributed by atoms with Crippen molar-refractivity contribution < 1.29 is 18.7 Å². The molecule has 0 heterocycles. The molecule has 25 heavy (non-hydrogen) atoms. The van der Waals surface area contributed by atoms with Crippen molar-refractivity contribution in [3.8, 4) is 0 Å². The van der Waals surface area contributed by atoms with E-state index in [1.807, 2.05) is 6.07 Å². The van der Waals surface area contributed by atoms with Gasteiger partial charge in [0.2, 0.25) is 0 Å². The fourth-order valence-corrected chi connectivity index (χ4v) is 3.83. The Morgan fingerprint density at radius 3 is 2.36 bits per heavy atom. The first-order chi connectivity index (χ1) is 12.0. The van der Waals surface area contributed by atoms with Crippen molar-refractivity contribution >= 4 is 5.97 Å². The summed E-state index contributed by atoms with van der Waals surface area (Å²) in [6.45, 7) is 0.918. The summed E-state index contributed by atoms with van der Waals surface area (Å²) in [7, 11) is 0. The molecule has 3 nitrogen and oxygen atoms in total. The van der Waals surface area contributed by atoms with Crippen LogP contribution < -0.4 is 5.32 Å². The van der Waals surface area contributed by atoms with Gasteiger partial charge in [0.25, 0.3) is 0 Å². The Hall–Kier alpha value is -2.27. The molecule has 2 N–H and O–H groups in total. The second-order valence-electron chi connectivity index (χ2n) is 6.69. The van der Waals surface area contributed by atoms with Crippen molar-refractivity contribution in [2.75, 3.05) is 6.54 Å².